The lowest BCUT2D eigenvalue weighted by Gasteiger charge is -2.03. The first kappa shape index (κ1) is 15.6. The first-order chi connectivity index (χ1) is 9.60. The third-order valence-corrected chi connectivity index (χ3v) is 4.16. The number of rotatable bonds is 6. The molecule has 0 bridgehead atoms. The molecule has 2 rings (SSSR count). The Hall–Kier alpha value is -0.750. The van der Waals surface area contributed by atoms with Crippen LogP contribution in [0.25, 0.3) is 0 Å². The zero-order valence-corrected chi connectivity index (χ0v) is 13.3. The van der Waals surface area contributed by atoms with Gasteiger partial charge >= 0.3 is 0 Å². The van der Waals surface area contributed by atoms with Gasteiger partial charge in [-0.2, -0.15) is 16.7 Å². The van der Waals surface area contributed by atoms with Crippen molar-refractivity contribution in [1.29, 1.82) is 0 Å². The lowest BCUT2D eigenvalue weighted by molar-refractivity contribution is 0.349. The van der Waals surface area contributed by atoms with Gasteiger partial charge < -0.3 is 10.3 Å². The Morgan fingerprint density at radius 2 is 2.15 bits per heavy atom. The van der Waals surface area contributed by atoms with Crippen molar-refractivity contribution in [3.05, 3.63) is 45.5 Å². The summed E-state index contributed by atoms with van der Waals surface area (Å²) in [5, 5.41) is 4.99. The van der Waals surface area contributed by atoms with Crippen molar-refractivity contribution in [3.63, 3.8) is 0 Å². The van der Waals surface area contributed by atoms with E-state index < -0.39 is 0 Å². The summed E-state index contributed by atoms with van der Waals surface area (Å²) in [7, 11) is 0. The van der Waals surface area contributed by atoms with E-state index in [9.17, 15) is 0 Å². The van der Waals surface area contributed by atoms with E-state index in [1.54, 1.807) is 23.9 Å². The minimum atomic E-state index is -0.211. The Bertz CT molecular complexity index is 576. The summed E-state index contributed by atoms with van der Waals surface area (Å²) >= 11 is 13.6. The van der Waals surface area contributed by atoms with Crippen molar-refractivity contribution in [2.75, 3.05) is 12.0 Å². The highest BCUT2D eigenvalue weighted by molar-refractivity contribution is 7.98. The largest absolute Gasteiger partial charge is 0.338 e. The number of hydrogen-bond donors (Lipinski definition) is 1. The molecule has 2 N–H and O–H groups in total. The molecule has 0 saturated heterocycles. The van der Waals surface area contributed by atoms with Crippen LogP contribution in [0.3, 0.4) is 0 Å². The Kier molecular flexibility index (Phi) is 5.72. The van der Waals surface area contributed by atoms with Crippen LogP contribution in [-0.4, -0.2) is 22.1 Å². The van der Waals surface area contributed by atoms with Crippen LogP contribution in [0, 0.1) is 0 Å². The third-order valence-electron chi connectivity index (χ3n) is 2.78. The van der Waals surface area contributed by atoms with Gasteiger partial charge in [0.15, 0.2) is 5.82 Å². The molecule has 0 radical (unpaired) electrons. The topological polar surface area (TPSA) is 64.9 Å². The first-order valence-electron chi connectivity index (χ1n) is 6.11. The molecule has 7 heteroatoms. The van der Waals surface area contributed by atoms with Crippen LogP contribution in [0.1, 0.15) is 29.7 Å². The molecular formula is C13H15Cl2N3OS. The second-order valence-corrected chi connectivity index (χ2v) is 6.16. The van der Waals surface area contributed by atoms with E-state index in [0.717, 1.165) is 17.7 Å². The van der Waals surface area contributed by atoms with Gasteiger partial charge in [-0.1, -0.05) is 34.4 Å². The SMILES string of the molecule is CSCC[C@@H](N)c1nc(Cc2ccc(Cl)c(Cl)c2)no1. The van der Waals surface area contributed by atoms with Crippen molar-refractivity contribution in [3.8, 4) is 0 Å². The van der Waals surface area contributed by atoms with Crippen LogP contribution >= 0.6 is 35.0 Å². The maximum Gasteiger partial charge on any atom is 0.243 e. The maximum absolute atomic E-state index is 5.98. The molecule has 0 aliphatic carbocycles. The van der Waals surface area contributed by atoms with Gasteiger partial charge in [0.05, 0.1) is 16.1 Å². The normalized spacial score (nSPS) is 12.6. The van der Waals surface area contributed by atoms with Crippen LogP contribution in [0.4, 0.5) is 0 Å². The van der Waals surface area contributed by atoms with Gasteiger partial charge in [-0.05, 0) is 36.1 Å². The Morgan fingerprint density at radius 3 is 2.85 bits per heavy atom. The van der Waals surface area contributed by atoms with E-state index in [1.807, 2.05) is 12.3 Å². The minimum absolute atomic E-state index is 0.211. The number of nitrogens with zero attached hydrogens (tertiary/aromatic N) is 2. The summed E-state index contributed by atoms with van der Waals surface area (Å²) < 4.78 is 5.20. The summed E-state index contributed by atoms with van der Waals surface area (Å²) in [6.07, 6.45) is 3.39. The van der Waals surface area contributed by atoms with E-state index in [0.29, 0.717) is 28.2 Å². The van der Waals surface area contributed by atoms with Crippen LogP contribution < -0.4 is 5.73 Å². The Morgan fingerprint density at radius 1 is 1.35 bits per heavy atom. The highest BCUT2D eigenvalue weighted by Crippen LogP contribution is 2.23. The van der Waals surface area contributed by atoms with Crippen molar-refractivity contribution in [2.45, 2.75) is 18.9 Å². The summed E-state index contributed by atoms with van der Waals surface area (Å²) in [5.74, 6) is 2.04. The van der Waals surface area contributed by atoms with Crippen molar-refractivity contribution < 1.29 is 4.52 Å². The predicted octanol–water partition coefficient (Wildman–Crippen LogP) is 3.72. The molecule has 4 nitrogen and oxygen atoms in total. The van der Waals surface area contributed by atoms with Gasteiger partial charge in [0.1, 0.15) is 0 Å². The second-order valence-electron chi connectivity index (χ2n) is 4.36. The van der Waals surface area contributed by atoms with E-state index in [4.69, 9.17) is 33.5 Å². The van der Waals surface area contributed by atoms with Gasteiger partial charge in [0.25, 0.3) is 0 Å². The molecule has 1 aromatic carbocycles. The molecule has 0 aliphatic rings. The number of benzene rings is 1. The Labute approximate surface area is 132 Å². The molecule has 20 heavy (non-hydrogen) atoms. The summed E-state index contributed by atoms with van der Waals surface area (Å²) in [5.41, 5.74) is 6.96. The molecule has 0 amide bonds. The number of hydrogen-bond acceptors (Lipinski definition) is 5. The average molecular weight is 332 g/mol. The fourth-order valence-electron chi connectivity index (χ4n) is 1.69. The van der Waals surface area contributed by atoms with Crippen LogP contribution in [-0.2, 0) is 6.42 Å². The quantitative estimate of drug-likeness (QED) is 0.873. The lowest BCUT2D eigenvalue weighted by atomic mass is 10.1. The molecular weight excluding hydrogens is 317 g/mol. The molecule has 0 spiro atoms. The molecule has 0 fully saturated rings. The number of thioether (sulfide) groups is 1. The molecule has 1 heterocycles. The van der Waals surface area contributed by atoms with Crippen molar-refractivity contribution in [2.24, 2.45) is 5.73 Å². The van der Waals surface area contributed by atoms with Gasteiger partial charge in [-0.25, -0.2) is 0 Å². The van der Waals surface area contributed by atoms with Gasteiger partial charge in [-0.15, -0.1) is 0 Å². The minimum Gasteiger partial charge on any atom is -0.338 e. The van der Waals surface area contributed by atoms with E-state index in [1.165, 1.54) is 0 Å². The number of aromatic nitrogens is 2. The average Bonchev–Trinajstić information content (AvgIpc) is 2.89. The molecule has 2 aromatic rings. The van der Waals surface area contributed by atoms with E-state index in [-0.39, 0.29) is 6.04 Å². The van der Waals surface area contributed by atoms with Crippen molar-refractivity contribution in [1.82, 2.24) is 10.1 Å². The van der Waals surface area contributed by atoms with Gasteiger partial charge in [0.2, 0.25) is 5.89 Å². The summed E-state index contributed by atoms with van der Waals surface area (Å²) in [6, 6.07) is 5.23. The smallest absolute Gasteiger partial charge is 0.243 e. The molecule has 0 saturated carbocycles. The fourth-order valence-corrected chi connectivity index (χ4v) is 2.50. The van der Waals surface area contributed by atoms with E-state index in [2.05, 4.69) is 10.1 Å². The van der Waals surface area contributed by atoms with E-state index >= 15 is 0 Å². The number of halogens is 2. The second kappa shape index (κ2) is 7.31. The number of nitrogens with two attached hydrogens (primary N) is 1. The highest BCUT2D eigenvalue weighted by atomic mass is 35.5. The third kappa shape index (κ3) is 4.12. The van der Waals surface area contributed by atoms with Crippen LogP contribution in [0.5, 0.6) is 0 Å². The van der Waals surface area contributed by atoms with Crippen LogP contribution in [0.15, 0.2) is 22.7 Å². The van der Waals surface area contributed by atoms with Crippen molar-refractivity contribution >= 4 is 35.0 Å². The standard InChI is InChI=1S/C13H15Cl2N3OS/c1-20-5-4-11(16)13-17-12(18-19-13)7-8-2-3-9(14)10(15)6-8/h2-3,6,11H,4-5,7,16H2,1H3/t11-/m1/s1. The lowest BCUT2D eigenvalue weighted by Crippen LogP contribution is -2.11. The summed E-state index contributed by atoms with van der Waals surface area (Å²) in [6.45, 7) is 0. The highest BCUT2D eigenvalue weighted by Gasteiger charge is 2.14. The molecule has 1 atom stereocenters. The maximum atomic E-state index is 5.98. The van der Waals surface area contributed by atoms with Gasteiger partial charge in [-0.3, -0.25) is 0 Å². The predicted molar refractivity (Wildman–Crippen MR) is 83.5 cm³/mol. The molecule has 108 valence electrons. The molecule has 0 aliphatic heterocycles. The molecule has 1 aromatic heterocycles. The fraction of sp³-hybridized carbons (Fsp3) is 0.385. The first-order valence-corrected chi connectivity index (χ1v) is 8.26. The summed E-state index contributed by atoms with van der Waals surface area (Å²) in [4.78, 5) is 4.32. The Balaban J connectivity index is 2.03. The zero-order chi connectivity index (χ0) is 14.5. The van der Waals surface area contributed by atoms with Gasteiger partial charge in [0, 0.05) is 6.42 Å². The van der Waals surface area contributed by atoms with Crippen LogP contribution in [0.2, 0.25) is 10.0 Å². The monoisotopic (exact) mass is 331 g/mol. The molecule has 0 unspecified atom stereocenters. The zero-order valence-electron chi connectivity index (χ0n) is 11.0.